The molecule has 1 aromatic carbocycles. The van der Waals surface area contributed by atoms with Gasteiger partial charge in [0.05, 0.1) is 11.7 Å². The van der Waals surface area contributed by atoms with E-state index >= 15 is 0 Å². The van der Waals surface area contributed by atoms with E-state index in [0.29, 0.717) is 6.04 Å². The molecule has 1 aromatic rings. The average Bonchev–Trinajstić information content (AvgIpc) is 2.36. The van der Waals surface area contributed by atoms with Crippen molar-refractivity contribution in [1.82, 2.24) is 5.32 Å². The quantitative estimate of drug-likeness (QED) is 0.798. The van der Waals surface area contributed by atoms with Gasteiger partial charge >= 0.3 is 0 Å². The third-order valence-corrected chi connectivity index (χ3v) is 4.09. The predicted octanol–water partition coefficient (Wildman–Crippen LogP) is 4.08. The van der Waals surface area contributed by atoms with Crippen molar-refractivity contribution >= 4 is 0 Å². The van der Waals surface area contributed by atoms with Gasteiger partial charge in [-0.25, -0.2) is 0 Å². The van der Waals surface area contributed by atoms with Gasteiger partial charge in [0, 0.05) is 6.04 Å². The summed E-state index contributed by atoms with van der Waals surface area (Å²) in [7, 11) is 0. The Morgan fingerprint density at radius 2 is 1.84 bits per heavy atom. The molecular formula is C17H27NO. The predicted molar refractivity (Wildman–Crippen MR) is 80.3 cm³/mol. The van der Waals surface area contributed by atoms with Crippen molar-refractivity contribution in [2.24, 2.45) is 0 Å². The van der Waals surface area contributed by atoms with E-state index in [1.165, 1.54) is 24.8 Å². The van der Waals surface area contributed by atoms with E-state index in [1.807, 2.05) is 0 Å². The van der Waals surface area contributed by atoms with Gasteiger partial charge in [-0.15, -0.1) is 0 Å². The number of nitrogens with one attached hydrogen (secondary N) is 1. The monoisotopic (exact) mass is 261 g/mol. The van der Waals surface area contributed by atoms with E-state index in [2.05, 4.69) is 56.4 Å². The molecular weight excluding hydrogens is 234 g/mol. The van der Waals surface area contributed by atoms with Gasteiger partial charge in [-0.05, 0) is 44.7 Å². The second-order valence-corrected chi connectivity index (χ2v) is 6.07. The molecule has 0 aromatic heterocycles. The first-order chi connectivity index (χ1) is 9.11. The van der Waals surface area contributed by atoms with E-state index in [-0.39, 0.29) is 11.7 Å². The molecule has 1 fully saturated rings. The Balaban J connectivity index is 1.88. The van der Waals surface area contributed by atoms with Gasteiger partial charge < -0.3 is 10.1 Å². The zero-order valence-electron chi connectivity index (χ0n) is 12.5. The number of hydrogen-bond donors (Lipinski definition) is 1. The lowest BCUT2D eigenvalue weighted by molar-refractivity contribution is -0.139. The Labute approximate surface area is 117 Å². The third-order valence-electron chi connectivity index (χ3n) is 4.09. The first-order valence-electron chi connectivity index (χ1n) is 7.57. The molecule has 0 heterocycles. The van der Waals surface area contributed by atoms with Crippen molar-refractivity contribution in [1.29, 1.82) is 0 Å². The van der Waals surface area contributed by atoms with Crippen LogP contribution >= 0.6 is 0 Å². The summed E-state index contributed by atoms with van der Waals surface area (Å²) in [5.74, 6) is 0. The molecule has 1 aliphatic carbocycles. The average molecular weight is 261 g/mol. The molecule has 2 nitrogen and oxygen atoms in total. The van der Waals surface area contributed by atoms with E-state index in [4.69, 9.17) is 4.74 Å². The van der Waals surface area contributed by atoms with E-state index in [9.17, 15) is 0 Å². The molecule has 1 unspecified atom stereocenters. The Morgan fingerprint density at radius 3 is 2.37 bits per heavy atom. The SMILES string of the molecule is CC(C)NCCC1(OC(C)c2ccccc2)CCC1. The molecule has 0 spiro atoms. The highest BCUT2D eigenvalue weighted by Gasteiger charge is 2.39. The lowest BCUT2D eigenvalue weighted by Gasteiger charge is -2.44. The fourth-order valence-electron chi connectivity index (χ4n) is 2.75. The number of ether oxygens (including phenoxy) is 1. The maximum absolute atomic E-state index is 6.40. The van der Waals surface area contributed by atoms with Gasteiger partial charge in [0.2, 0.25) is 0 Å². The molecule has 1 N–H and O–H groups in total. The molecule has 2 rings (SSSR count). The van der Waals surface area contributed by atoms with Crippen LogP contribution in [0.5, 0.6) is 0 Å². The minimum atomic E-state index is 0.122. The van der Waals surface area contributed by atoms with Crippen molar-refractivity contribution in [3.8, 4) is 0 Å². The van der Waals surface area contributed by atoms with Gasteiger partial charge in [-0.2, -0.15) is 0 Å². The Kier molecular flexibility index (Phi) is 5.00. The normalized spacial score (nSPS) is 19.2. The summed E-state index contributed by atoms with van der Waals surface area (Å²) < 4.78 is 6.40. The Morgan fingerprint density at radius 1 is 1.16 bits per heavy atom. The Hall–Kier alpha value is -0.860. The number of benzene rings is 1. The second-order valence-electron chi connectivity index (χ2n) is 6.07. The fourth-order valence-corrected chi connectivity index (χ4v) is 2.75. The highest BCUT2D eigenvalue weighted by Crippen LogP contribution is 2.41. The molecule has 2 heteroatoms. The van der Waals surface area contributed by atoms with Crippen LogP contribution in [-0.2, 0) is 4.74 Å². The van der Waals surface area contributed by atoms with Crippen molar-refractivity contribution in [3.05, 3.63) is 35.9 Å². The molecule has 1 atom stereocenters. The van der Waals surface area contributed by atoms with Crippen LogP contribution in [0.4, 0.5) is 0 Å². The van der Waals surface area contributed by atoms with Crippen molar-refractivity contribution in [2.75, 3.05) is 6.54 Å². The summed E-state index contributed by atoms with van der Waals surface area (Å²) in [6, 6.07) is 11.1. The van der Waals surface area contributed by atoms with Gasteiger partial charge in [-0.1, -0.05) is 44.2 Å². The van der Waals surface area contributed by atoms with E-state index in [1.54, 1.807) is 0 Å². The minimum absolute atomic E-state index is 0.122. The Bertz CT molecular complexity index is 370. The van der Waals surface area contributed by atoms with Crippen molar-refractivity contribution in [2.45, 2.75) is 64.2 Å². The van der Waals surface area contributed by atoms with Crippen LogP contribution in [0.15, 0.2) is 30.3 Å². The zero-order valence-corrected chi connectivity index (χ0v) is 12.5. The largest absolute Gasteiger partial charge is 0.367 e. The number of hydrogen-bond acceptors (Lipinski definition) is 2. The maximum Gasteiger partial charge on any atom is 0.0804 e. The highest BCUT2D eigenvalue weighted by molar-refractivity contribution is 5.17. The lowest BCUT2D eigenvalue weighted by Crippen LogP contribution is -2.43. The first kappa shape index (κ1) is 14.5. The van der Waals surface area contributed by atoms with Crippen LogP contribution in [0, 0.1) is 0 Å². The van der Waals surface area contributed by atoms with Gasteiger partial charge in [0.15, 0.2) is 0 Å². The standard InChI is InChI=1S/C17H27NO/c1-14(2)18-13-12-17(10-7-11-17)19-15(3)16-8-5-4-6-9-16/h4-6,8-9,14-15,18H,7,10-13H2,1-3H3. The number of rotatable bonds is 7. The van der Waals surface area contributed by atoms with E-state index < -0.39 is 0 Å². The topological polar surface area (TPSA) is 21.3 Å². The van der Waals surface area contributed by atoms with Gasteiger partial charge in [0.1, 0.15) is 0 Å². The molecule has 1 aliphatic rings. The van der Waals surface area contributed by atoms with Crippen LogP contribution in [0.2, 0.25) is 0 Å². The maximum atomic E-state index is 6.40. The molecule has 0 bridgehead atoms. The smallest absolute Gasteiger partial charge is 0.0804 e. The summed E-state index contributed by atoms with van der Waals surface area (Å²) in [6.07, 6.45) is 5.06. The molecule has 106 valence electrons. The van der Waals surface area contributed by atoms with Crippen molar-refractivity contribution in [3.63, 3.8) is 0 Å². The summed E-state index contributed by atoms with van der Waals surface area (Å²) >= 11 is 0. The van der Waals surface area contributed by atoms with Crippen LogP contribution < -0.4 is 5.32 Å². The van der Waals surface area contributed by atoms with Crippen LogP contribution in [0.25, 0.3) is 0 Å². The summed E-state index contributed by atoms with van der Waals surface area (Å²) in [4.78, 5) is 0. The van der Waals surface area contributed by atoms with Crippen LogP contribution in [0.1, 0.15) is 58.1 Å². The third kappa shape index (κ3) is 4.05. The summed E-state index contributed by atoms with van der Waals surface area (Å²) in [6.45, 7) is 7.62. The van der Waals surface area contributed by atoms with Crippen LogP contribution in [-0.4, -0.2) is 18.2 Å². The highest BCUT2D eigenvalue weighted by atomic mass is 16.5. The molecule has 0 amide bonds. The van der Waals surface area contributed by atoms with Crippen molar-refractivity contribution < 1.29 is 4.74 Å². The van der Waals surface area contributed by atoms with Crippen LogP contribution in [0.3, 0.4) is 0 Å². The molecule has 19 heavy (non-hydrogen) atoms. The molecule has 0 aliphatic heterocycles. The molecule has 1 saturated carbocycles. The summed E-state index contributed by atoms with van der Waals surface area (Å²) in [5.41, 5.74) is 1.41. The van der Waals surface area contributed by atoms with E-state index in [0.717, 1.165) is 13.0 Å². The summed E-state index contributed by atoms with van der Waals surface area (Å²) in [5, 5.41) is 3.50. The van der Waals surface area contributed by atoms with Gasteiger partial charge in [-0.3, -0.25) is 0 Å². The molecule has 0 saturated heterocycles. The first-order valence-corrected chi connectivity index (χ1v) is 7.57. The fraction of sp³-hybridized carbons (Fsp3) is 0.647. The molecule has 0 radical (unpaired) electrons. The van der Waals surface area contributed by atoms with Gasteiger partial charge in [0.25, 0.3) is 0 Å². The second kappa shape index (κ2) is 6.53. The zero-order chi connectivity index (χ0) is 13.7. The lowest BCUT2D eigenvalue weighted by atomic mass is 9.77. The minimum Gasteiger partial charge on any atom is -0.367 e.